The number of aryl methyl sites for hydroxylation is 1. The number of aliphatic hydroxyl groups is 1. The van der Waals surface area contributed by atoms with Crippen LogP contribution in [0, 0.1) is 6.92 Å². The normalized spacial score (nSPS) is 10.6. The lowest BCUT2D eigenvalue weighted by Crippen LogP contribution is -2.17. The fourth-order valence-corrected chi connectivity index (χ4v) is 2.28. The smallest absolute Gasteiger partial charge is 0.346 e. The molecule has 5 heteroatoms. The number of rotatable bonds is 6. The summed E-state index contributed by atoms with van der Waals surface area (Å²) in [5.74, 6) is -0.358. The van der Waals surface area contributed by atoms with Gasteiger partial charge in [-0.2, -0.15) is 0 Å². The number of esters is 1. The van der Waals surface area contributed by atoms with Crippen LogP contribution >= 0.6 is 0 Å². The third-order valence-electron chi connectivity index (χ3n) is 3.30. The molecule has 112 valence electrons. The maximum absolute atomic E-state index is 12.1. The van der Waals surface area contributed by atoms with Crippen LogP contribution in [0.2, 0.25) is 0 Å². The molecule has 0 saturated carbocycles. The second-order valence-corrected chi connectivity index (χ2v) is 4.80. The van der Waals surface area contributed by atoms with E-state index in [-0.39, 0.29) is 12.6 Å². The molecule has 0 aliphatic heterocycles. The van der Waals surface area contributed by atoms with Gasteiger partial charge in [-0.1, -0.05) is 12.1 Å². The summed E-state index contributed by atoms with van der Waals surface area (Å²) in [5.41, 5.74) is 3.32. The minimum Gasteiger partial charge on any atom is -0.462 e. The molecule has 0 saturated heterocycles. The van der Waals surface area contributed by atoms with Crippen molar-refractivity contribution in [2.45, 2.75) is 20.3 Å². The third kappa shape index (κ3) is 3.31. The molecule has 21 heavy (non-hydrogen) atoms. The molecule has 0 bridgehead atoms. The fourth-order valence-electron chi connectivity index (χ4n) is 2.28. The van der Waals surface area contributed by atoms with E-state index in [1.807, 2.05) is 25.1 Å². The number of benzene rings is 1. The number of carbonyl (C=O) groups excluding carboxylic acids is 1. The molecule has 0 aliphatic rings. The Labute approximate surface area is 124 Å². The van der Waals surface area contributed by atoms with Crippen molar-refractivity contribution < 1.29 is 19.6 Å². The van der Waals surface area contributed by atoms with Crippen molar-refractivity contribution in [3.8, 4) is 0 Å². The van der Waals surface area contributed by atoms with Crippen molar-refractivity contribution in [1.29, 1.82) is 0 Å². The van der Waals surface area contributed by atoms with Crippen LogP contribution in [0.1, 0.15) is 29.3 Å². The second kappa shape index (κ2) is 7.04. The SMILES string of the molecule is CCOC(=O)c1c[nH+]c2c(C)cccc2c1NCCCO. The molecule has 0 amide bonds. The van der Waals surface area contributed by atoms with Gasteiger partial charge in [-0.15, -0.1) is 0 Å². The maximum atomic E-state index is 12.1. The standard InChI is InChI=1S/C16H20N2O3/c1-3-21-16(20)13-10-18-14-11(2)6-4-7-12(14)15(13)17-8-5-9-19/h4,6-7,10,19H,3,5,8-9H2,1-2H3,(H,17,18)/p+1. The quantitative estimate of drug-likeness (QED) is 0.629. The van der Waals surface area contributed by atoms with Crippen LogP contribution in [0.25, 0.3) is 10.9 Å². The van der Waals surface area contributed by atoms with Gasteiger partial charge in [0.15, 0.2) is 6.20 Å². The number of ether oxygens (including phenoxy) is 1. The third-order valence-corrected chi connectivity index (χ3v) is 3.30. The van der Waals surface area contributed by atoms with E-state index in [0.29, 0.717) is 25.1 Å². The molecule has 2 rings (SSSR count). The van der Waals surface area contributed by atoms with E-state index in [1.54, 1.807) is 13.1 Å². The van der Waals surface area contributed by atoms with Crippen molar-refractivity contribution >= 4 is 22.6 Å². The Hall–Kier alpha value is -2.14. The first-order valence-electron chi connectivity index (χ1n) is 7.15. The van der Waals surface area contributed by atoms with Gasteiger partial charge in [-0.05, 0) is 26.3 Å². The van der Waals surface area contributed by atoms with Gasteiger partial charge in [0, 0.05) is 18.7 Å². The van der Waals surface area contributed by atoms with Gasteiger partial charge in [0.2, 0.25) is 5.52 Å². The maximum Gasteiger partial charge on any atom is 0.346 e. The number of H-pyrrole nitrogens is 1. The molecule has 3 N–H and O–H groups in total. The van der Waals surface area contributed by atoms with Crippen LogP contribution in [-0.4, -0.2) is 30.8 Å². The minimum absolute atomic E-state index is 0.109. The number of fused-ring (bicyclic) bond motifs is 1. The Morgan fingerprint density at radius 1 is 1.43 bits per heavy atom. The summed E-state index contributed by atoms with van der Waals surface area (Å²) in [6.45, 7) is 4.83. The molecule has 0 radical (unpaired) electrons. The first kappa shape index (κ1) is 15.3. The molecule has 1 heterocycles. The minimum atomic E-state index is -0.358. The Morgan fingerprint density at radius 2 is 2.24 bits per heavy atom. The van der Waals surface area contributed by atoms with Crippen LogP contribution in [0.5, 0.6) is 0 Å². The summed E-state index contributed by atoms with van der Waals surface area (Å²) in [6, 6.07) is 5.93. The molecule has 0 aliphatic carbocycles. The fraction of sp³-hybridized carbons (Fsp3) is 0.375. The number of aromatic amines is 1. The first-order chi connectivity index (χ1) is 10.2. The molecule has 1 aromatic carbocycles. The number of para-hydroxylation sites is 1. The number of pyridine rings is 1. The number of hydrogen-bond acceptors (Lipinski definition) is 4. The molecule has 0 unspecified atom stereocenters. The van der Waals surface area contributed by atoms with E-state index in [2.05, 4.69) is 10.3 Å². The summed E-state index contributed by atoms with van der Waals surface area (Å²) in [6.07, 6.45) is 2.29. The lowest BCUT2D eigenvalue weighted by atomic mass is 10.1. The largest absolute Gasteiger partial charge is 0.462 e. The Kier molecular flexibility index (Phi) is 5.11. The van der Waals surface area contributed by atoms with E-state index in [4.69, 9.17) is 9.84 Å². The summed E-state index contributed by atoms with van der Waals surface area (Å²) < 4.78 is 5.11. The Morgan fingerprint density at radius 3 is 2.95 bits per heavy atom. The van der Waals surface area contributed by atoms with Crippen molar-refractivity contribution in [3.05, 3.63) is 35.5 Å². The zero-order valence-electron chi connectivity index (χ0n) is 12.4. The van der Waals surface area contributed by atoms with E-state index in [9.17, 15) is 4.79 Å². The highest BCUT2D eigenvalue weighted by molar-refractivity contribution is 6.04. The van der Waals surface area contributed by atoms with Crippen molar-refractivity contribution in [2.24, 2.45) is 0 Å². The van der Waals surface area contributed by atoms with Crippen LogP contribution in [0.4, 0.5) is 5.69 Å². The highest BCUT2D eigenvalue weighted by atomic mass is 16.5. The zero-order valence-corrected chi connectivity index (χ0v) is 12.4. The van der Waals surface area contributed by atoms with Gasteiger partial charge in [-0.3, -0.25) is 0 Å². The van der Waals surface area contributed by atoms with E-state index in [0.717, 1.165) is 22.2 Å². The van der Waals surface area contributed by atoms with E-state index in [1.165, 1.54) is 0 Å². The lowest BCUT2D eigenvalue weighted by Gasteiger charge is -2.11. The molecule has 1 aromatic heterocycles. The first-order valence-corrected chi connectivity index (χ1v) is 7.15. The van der Waals surface area contributed by atoms with Crippen LogP contribution < -0.4 is 10.3 Å². The van der Waals surface area contributed by atoms with Gasteiger partial charge in [0.1, 0.15) is 5.56 Å². The van der Waals surface area contributed by atoms with Crippen molar-refractivity contribution in [1.82, 2.24) is 0 Å². The summed E-state index contributed by atoms with van der Waals surface area (Å²) in [4.78, 5) is 15.3. The molecule has 0 atom stereocenters. The number of hydrogen-bond donors (Lipinski definition) is 2. The average Bonchev–Trinajstić information content (AvgIpc) is 2.48. The molecule has 5 nitrogen and oxygen atoms in total. The van der Waals surface area contributed by atoms with Gasteiger partial charge in [-0.25, -0.2) is 9.78 Å². The number of anilines is 1. The van der Waals surface area contributed by atoms with Gasteiger partial charge in [0.25, 0.3) is 0 Å². The predicted octanol–water partition coefficient (Wildman–Crippen LogP) is 1.93. The molecular weight excluding hydrogens is 268 g/mol. The molecule has 0 fully saturated rings. The van der Waals surface area contributed by atoms with E-state index >= 15 is 0 Å². The molecular formula is C16H21N2O3+. The highest BCUT2D eigenvalue weighted by Gasteiger charge is 2.20. The van der Waals surface area contributed by atoms with E-state index < -0.39 is 0 Å². The molecule has 2 aromatic rings. The summed E-state index contributed by atoms with van der Waals surface area (Å²) >= 11 is 0. The monoisotopic (exact) mass is 289 g/mol. The Bertz CT molecular complexity index is 641. The zero-order chi connectivity index (χ0) is 15.2. The number of aliphatic hydroxyl groups excluding tert-OH is 1. The predicted molar refractivity (Wildman–Crippen MR) is 81.4 cm³/mol. The Balaban J connectivity index is 2.51. The average molecular weight is 289 g/mol. The van der Waals surface area contributed by atoms with Crippen LogP contribution in [0.3, 0.4) is 0 Å². The topological polar surface area (TPSA) is 72.7 Å². The van der Waals surface area contributed by atoms with Crippen molar-refractivity contribution in [2.75, 3.05) is 25.1 Å². The highest BCUT2D eigenvalue weighted by Crippen LogP contribution is 2.26. The molecule has 0 spiro atoms. The second-order valence-electron chi connectivity index (χ2n) is 4.80. The van der Waals surface area contributed by atoms with Gasteiger partial charge < -0.3 is 15.2 Å². The van der Waals surface area contributed by atoms with Gasteiger partial charge in [0.05, 0.1) is 17.7 Å². The number of carbonyl (C=O) groups is 1. The van der Waals surface area contributed by atoms with Gasteiger partial charge >= 0.3 is 5.97 Å². The lowest BCUT2D eigenvalue weighted by molar-refractivity contribution is -0.345. The van der Waals surface area contributed by atoms with Crippen molar-refractivity contribution in [3.63, 3.8) is 0 Å². The van der Waals surface area contributed by atoms with Crippen LogP contribution in [0.15, 0.2) is 24.4 Å². The number of aromatic nitrogens is 1. The van der Waals surface area contributed by atoms with Crippen LogP contribution in [-0.2, 0) is 4.74 Å². The summed E-state index contributed by atoms with van der Waals surface area (Å²) in [7, 11) is 0. The number of nitrogens with one attached hydrogen (secondary N) is 2. The summed E-state index contributed by atoms with van der Waals surface area (Å²) in [5, 5.41) is 13.1.